The second-order valence-electron chi connectivity index (χ2n) is 8.17. The fraction of sp³-hybridized carbons (Fsp3) is 0. The molecule has 38 heavy (non-hydrogen) atoms. The number of benzene rings is 4. The fourth-order valence-electron chi connectivity index (χ4n) is 4.17. The van der Waals surface area contributed by atoms with E-state index in [9.17, 15) is 44.4 Å². The average molecular weight is 510 g/mol. The molecule has 0 aliphatic heterocycles. The number of rotatable bonds is 8. The summed E-state index contributed by atoms with van der Waals surface area (Å²) >= 11 is 0. The third kappa shape index (κ3) is 4.76. The lowest BCUT2D eigenvalue weighted by atomic mass is 9.85. The number of carbonyl (C=O) groups excluding carboxylic acids is 1. The molecule has 4 aromatic rings. The van der Waals surface area contributed by atoms with Crippen LogP contribution in [-0.2, 0) is 0 Å². The minimum Gasteiger partial charge on any atom is -0.478 e. The molecule has 0 radical (unpaired) electrons. The molecule has 0 unspecified atom stereocenters. The zero-order valence-electron chi connectivity index (χ0n) is 19.4. The van der Waals surface area contributed by atoms with E-state index in [1.807, 2.05) is 0 Å². The van der Waals surface area contributed by atoms with Gasteiger partial charge < -0.3 is 20.4 Å². The molecule has 4 aromatic carbocycles. The van der Waals surface area contributed by atoms with Crippen molar-refractivity contribution < 1.29 is 44.4 Å². The van der Waals surface area contributed by atoms with Gasteiger partial charge in [0.25, 0.3) is 0 Å². The zero-order chi connectivity index (χ0) is 27.6. The molecule has 0 atom stereocenters. The van der Waals surface area contributed by atoms with Crippen molar-refractivity contribution >= 4 is 29.7 Å². The van der Waals surface area contributed by atoms with Crippen molar-refractivity contribution in [3.8, 4) is 22.3 Å². The van der Waals surface area contributed by atoms with Crippen LogP contribution in [0.1, 0.15) is 57.4 Å². The van der Waals surface area contributed by atoms with Gasteiger partial charge in [-0.3, -0.25) is 4.79 Å². The monoisotopic (exact) mass is 510 g/mol. The molecule has 0 aromatic heterocycles. The van der Waals surface area contributed by atoms with Gasteiger partial charge in [0.2, 0.25) is 0 Å². The molecule has 0 fully saturated rings. The summed E-state index contributed by atoms with van der Waals surface area (Å²) in [6.07, 6.45) is 0. The molecule has 0 aliphatic carbocycles. The van der Waals surface area contributed by atoms with Crippen LogP contribution in [0.3, 0.4) is 0 Å². The molecule has 0 aliphatic rings. The molecule has 9 heteroatoms. The molecule has 4 N–H and O–H groups in total. The van der Waals surface area contributed by atoms with Crippen LogP contribution >= 0.6 is 0 Å². The molecule has 0 bridgehead atoms. The lowest BCUT2D eigenvalue weighted by molar-refractivity contribution is 0.0677. The highest BCUT2D eigenvalue weighted by Gasteiger charge is 2.32. The standard InChI is InChI=1S/C29H18O9/c30-25(23-19(26(31)32)11-17(12-20(23)27(33)34)15-7-3-1-4-8-15)24-21(28(35)36)13-18(14-22(24)29(37)38)16-9-5-2-6-10-16/h1-14H,(H,31,32)(H,33,34)(H,35,36)(H,37,38). The van der Waals surface area contributed by atoms with Crippen LogP contribution in [0, 0.1) is 0 Å². The van der Waals surface area contributed by atoms with Gasteiger partial charge in [0.05, 0.1) is 33.4 Å². The van der Waals surface area contributed by atoms with Gasteiger partial charge in [0, 0.05) is 0 Å². The first-order valence-corrected chi connectivity index (χ1v) is 11.0. The predicted octanol–water partition coefficient (Wildman–Crippen LogP) is 5.04. The van der Waals surface area contributed by atoms with E-state index in [4.69, 9.17) is 0 Å². The van der Waals surface area contributed by atoms with E-state index in [-0.39, 0.29) is 11.1 Å². The van der Waals surface area contributed by atoms with Crippen molar-refractivity contribution in [1.82, 2.24) is 0 Å². The van der Waals surface area contributed by atoms with E-state index in [1.165, 1.54) is 0 Å². The van der Waals surface area contributed by atoms with Crippen molar-refractivity contribution in [2.75, 3.05) is 0 Å². The lowest BCUT2D eigenvalue weighted by Gasteiger charge is -2.16. The van der Waals surface area contributed by atoms with Gasteiger partial charge >= 0.3 is 23.9 Å². The highest BCUT2D eigenvalue weighted by molar-refractivity contribution is 6.25. The van der Waals surface area contributed by atoms with E-state index in [1.54, 1.807) is 60.7 Å². The fourth-order valence-corrected chi connectivity index (χ4v) is 4.17. The average Bonchev–Trinajstić information content (AvgIpc) is 2.91. The van der Waals surface area contributed by atoms with Gasteiger partial charge in [-0.25, -0.2) is 19.2 Å². The van der Waals surface area contributed by atoms with Crippen LogP contribution in [-0.4, -0.2) is 50.1 Å². The van der Waals surface area contributed by atoms with Gasteiger partial charge in [-0.1, -0.05) is 60.7 Å². The smallest absolute Gasteiger partial charge is 0.336 e. The first-order chi connectivity index (χ1) is 18.1. The Balaban J connectivity index is 2.05. The molecule has 0 saturated carbocycles. The molecule has 0 amide bonds. The Morgan fingerprint density at radius 3 is 0.895 bits per heavy atom. The quantitative estimate of drug-likeness (QED) is 0.237. The van der Waals surface area contributed by atoms with Gasteiger partial charge in [-0.2, -0.15) is 0 Å². The molecule has 0 heterocycles. The zero-order valence-corrected chi connectivity index (χ0v) is 19.4. The summed E-state index contributed by atoms with van der Waals surface area (Å²) in [6, 6.07) is 20.9. The van der Waals surface area contributed by atoms with Crippen molar-refractivity contribution in [2.24, 2.45) is 0 Å². The number of carbonyl (C=O) groups is 5. The van der Waals surface area contributed by atoms with Crippen LogP contribution < -0.4 is 0 Å². The Kier molecular flexibility index (Phi) is 6.85. The Morgan fingerprint density at radius 2 is 0.658 bits per heavy atom. The van der Waals surface area contributed by atoms with Gasteiger partial charge in [-0.15, -0.1) is 0 Å². The van der Waals surface area contributed by atoms with Crippen molar-refractivity contribution in [1.29, 1.82) is 0 Å². The maximum Gasteiger partial charge on any atom is 0.336 e. The number of aromatic carboxylic acids is 4. The Bertz CT molecular complexity index is 1430. The first-order valence-electron chi connectivity index (χ1n) is 11.0. The SMILES string of the molecule is O=C(O)c1cc(-c2ccccc2)cc(C(=O)O)c1C(=O)c1c(C(=O)O)cc(-c2ccccc2)cc1C(=O)O. The van der Waals surface area contributed by atoms with Gasteiger partial charge in [0.1, 0.15) is 0 Å². The lowest BCUT2D eigenvalue weighted by Crippen LogP contribution is -2.21. The van der Waals surface area contributed by atoms with Crippen LogP contribution in [0.25, 0.3) is 22.3 Å². The molecular formula is C29H18O9. The van der Waals surface area contributed by atoms with Crippen molar-refractivity contribution in [2.45, 2.75) is 0 Å². The van der Waals surface area contributed by atoms with Crippen LogP contribution in [0.15, 0.2) is 84.9 Å². The topological polar surface area (TPSA) is 166 Å². The van der Waals surface area contributed by atoms with E-state index in [0.29, 0.717) is 11.1 Å². The van der Waals surface area contributed by atoms with Crippen LogP contribution in [0.5, 0.6) is 0 Å². The number of hydrogen-bond acceptors (Lipinski definition) is 5. The number of carboxylic acids is 4. The second kappa shape index (κ2) is 10.2. The normalized spacial score (nSPS) is 10.5. The van der Waals surface area contributed by atoms with Crippen LogP contribution in [0.4, 0.5) is 0 Å². The summed E-state index contributed by atoms with van der Waals surface area (Å²) in [6.45, 7) is 0. The third-order valence-corrected chi connectivity index (χ3v) is 5.87. The van der Waals surface area contributed by atoms with Gasteiger partial charge in [-0.05, 0) is 46.5 Å². The van der Waals surface area contributed by atoms with E-state index < -0.39 is 63.0 Å². The second-order valence-corrected chi connectivity index (χ2v) is 8.17. The molecular weight excluding hydrogens is 492 g/mol. The Labute approximate surface area is 214 Å². The summed E-state index contributed by atoms with van der Waals surface area (Å²) in [4.78, 5) is 62.6. The molecule has 188 valence electrons. The summed E-state index contributed by atoms with van der Waals surface area (Å²) < 4.78 is 0. The third-order valence-electron chi connectivity index (χ3n) is 5.87. The molecule has 0 spiro atoms. The Morgan fingerprint density at radius 1 is 0.395 bits per heavy atom. The summed E-state index contributed by atoms with van der Waals surface area (Å²) in [7, 11) is 0. The summed E-state index contributed by atoms with van der Waals surface area (Å²) in [5.74, 6) is -7.95. The summed E-state index contributed by atoms with van der Waals surface area (Å²) in [5, 5.41) is 39.6. The van der Waals surface area contributed by atoms with Crippen LogP contribution in [0.2, 0.25) is 0 Å². The summed E-state index contributed by atoms with van der Waals surface area (Å²) in [5.41, 5.74) is -3.20. The minimum absolute atomic E-state index is 0.188. The molecule has 4 rings (SSSR count). The Hall–Kier alpha value is -5.57. The number of hydrogen-bond donors (Lipinski definition) is 4. The van der Waals surface area contributed by atoms with Crippen molar-refractivity contribution in [3.63, 3.8) is 0 Å². The maximum absolute atomic E-state index is 13.8. The van der Waals surface area contributed by atoms with E-state index in [0.717, 1.165) is 24.3 Å². The highest BCUT2D eigenvalue weighted by atomic mass is 16.4. The van der Waals surface area contributed by atoms with Crippen molar-refractivity contribution in [3.05, 3.63) is 118 Å². The first kappa shape index (κ1) is 25.5. The largest absolute Gasteiger partial charge is 0.478 e. The number of ketones is 1. The number of carboxylic acid groups (broad SMARTS) is 4. The van der Waals surface area contributed by atoms with E-state index in [2.05, 4.69) is 0 Å². The molecule has 0 saturated heterocycles. The highest BCUT2D eigenvalue weighted by Crippen LogP contribution is 2.32. The van der Waals surface area contributed by atoms with Gasteiger partial charge in [0.15, 0.2) is 5.78 Å². The molecule has 9 nitrogen and oxygen atoms in total. The van der Waals surface area contributed by atoms with E-state index >= 15 is 0 Å². The minimum atomic E-state index is -1.65. The predicted molar refractivity (Wildman–Crippen MR) is 135 cm³/mol. The maximum atomic E-state index is 13.8.